The van der Waals surface area contributed by atoms with Crippen LogP contribution < -0.4 is 4.74 Å². The van der Waals surface area contributed by atoms with Gasteiger partial charge in [-0.15, -0.1) is 0 Å². The summed E-state index contributed by atoms with van der Waals surface area (Å²) >= 11 is 0. The highest BCUT2D eigenvalue weighted by atomic mass is 16.5. The summed E-state index contributed by atoms with van der Waals surface area (Å²) in [7, 11) is 1.68. The van der Waals surface area contributed by atoms with E-state index in [2.05, 4.69) is 4.98 Å². The van der Waals surface area contributed by atoms with E-state index < -0.39 is 0 Å². The Morgan fingerprint density at radius 1 is 1.44 bits per heavy atom. The molecule has 4 heteroatoms. The number of ether oxygens (including phenoxy) is 2. The van der Waals surface area contributed by atoms with Crippen LogP contribution in [-0.4, -0.2) is 29.4 Å². The summed E-state index contributed by atoms with van der Waals surface area (Å²) in [5, 5.41) is 9.08. The molecule has 0 aliphatic carbocycles. The van der Waals surface area contributed by atoms with Crippen LogP contribution in [0.4, 0.5) is 0 Å². The molecule has 0 spiro atoms. The topological polar surface area (TPSA) is 51.6 Å². The van der Waals surface area contributed by atoms with Crippen molar-refractivity contribution in [3.8, 4) is 5.88 Å². The van der Waals surface area contributed by atoms with E-state index in [4.69, 9.17) is 14.6 Å². The van der Waals surface area contributed by atoms with Crippen LogP contribution >= 0.6 is 0 Å². The Morgan fingerprint density at radius 3 is 2.81 bits per heavy atom. The number of pyridine rings is 1. The number of hydrogen-bond acceptors (Lipinski definition) is 4. The summed E-state index contributed by atoms with van der Waals surface area (Å²) in [6.45, 7) is 4.46. The van der Waals surface area contributed by atoms with E-state index in [1.807, 2.05) is 13.8 Å². The smallest absolute Gasteiger partial charge is 0.218 e. The summed E-state index contributed by atoms with van der Waals surface area (Å²) in [6.07, 6.45) is 2.42. The first-order chi connectivity index (χ1) is 7.59. The number of hydrogen-bond donors (Lipinski definition) is 1. The van der Waals surface area contributed by atoms with Gasteiger partial charge in [0.25, 0.3) is 0 Å². The molecular formula is C12H19NO3. The van der Waals surface area contributed by atoms with Gasteiger partial charge in [0.1, 0.15) is 0 Å². The third kappa shape index (κ3) is 3.79. The van der Waals surface area contributed by atoms with Crippen LogP contribution in [0.3, 0.4) is 0 Å². The van der Waals surface area contributed by atoms with Gasteiger partial charge in [0, 0.05) is 25.3 Å². The Labute approximate surface area is 96.2 Å². The number of nitrogens with zero attached hydrogens (tertiary/aromatic N) is 1. The van der Waals surface area contributed by atoms with E-state index in [1.165, 1.54) is 0 Å². The molecule has 0 fully saturated rings. The van der Waals surface area contributed by atoms with Crippen molar-refractivity contribution in [3.63, 3.8) is 0 Å². The lowest BCUT2D eigenvalue weighted by molar-refractivity contribution is 0.00491. The lowest BCUT2D eigenvalue weighted by Gasteiger charge is -2.22. The number of rotatable bonds is 6. The summed E-state index contributed by atoms with van der Waals surface area (Å²) in [5.74, 6) is 0.497. The van der Waals surface area contributed by atoms with Crippen LogP contribution in [-0.2, 0) is 11.3 Å². The molecule has 16 heavy (non-hydrogen) atoms. The van der Waals surface area contributed by atoms with Crippen molar-refractivity contribution < 1.29 is 14.6 Å². The van der Waals surface area contributed by atoms with Crippen molar-refractivity contribution in [2.45, 2.75) is 32.5 Å². The lowest BCUT2D eigenvalue weighted by atomic mass is 10.1. The van der Waals surface area contributed by atoms with Gasteiger partial charge in [-0.1, -0.05) is 0 Å². The molecule has 0 bridgehead atoms. The van der Waals surface area contributed by atoms with Crippen molar-refractivity contribution in [1.29, 1.82) is 0 Å². The first-order valence-corrected chi connectivity index (χ1v) is 5.32. The number of aliphatic hydroxyl groups excluding tert-OH is 1. The molecule has 1 aromatic heterocycles. The van der Waals surface area contributed by atoms with Gasteiger partial charge in [-0.25, -0.2) is 4.98 Å². The highest BCUT2D eigenvalue weighted by Gasteiger charge is 2.16. The molecule has 0 unspecified atom stereocenters. The zero-order valence-corrected chi connectivity index (χ0v) is 10.1. The normalized spacial score (nSPS) is 11.5. The highest BCUT2D eigenvalue weighted by molar-refractivity contribution is 5.24. The minimum absolute atomic E-state index is 0.0587. The maximum absolute atomic E-state index is 9.08. The fraction of sp³-hybridized carbons (Fsp3) is 0.583. The van der Waals surface area contributed by atoms with E-state index in [9.17, 15) is 0 Å². The zero-order valence-electron chi connectivity index (χ0n) is 10.1. The Bertz CT molecular complexity index is 326. The molecule has 90 valence electrons. The Hall–Kier alpha value is -1.13. The van der Waals surface area contributed by atoms with E-state index in [0.29, 0.717) is 18.1 Å². The second-order valence-corrected chi connectivity index (χ2v) is 4.19. The molecule has 0 atom stereocenters. The van der Waals surface area contributed by atoms with Gasteiger partial charge in [-0.05, 0) is 26.0 Å². The van der Waals surface area contributed by atoms with Gasteiger partial charge >= 0.3 is 0 Å². The minimum atomic E-state index is -0.200. The molecule has 4 nitrogen and oxygen atoms in total. The number of aliphatic hydroxyl groups is 1. The average molecular weight is 225 g/mol. The third-order valence-corrected chi connectivity index (χ3v) is 2.52. The molecule has 1 rings (SSSR count). The van der Waals surface area contributed by atoms with E-state index in [-0.39, 0.29) is 12.2 Å². The predicted molar refractivity (Wildman–Crippen MR) is 61.4 cm³/mol. The van der Waals surface area contributed by atoms with E-state index in [1.54, 1.807) is 25.4 Å². The molecule has 0 aliphatic heterocycles. The van der Waals surface area contributed by atoms with Crippen molar-refractivity contribution in [2.75, 3.05) is 13.7 Å². The second-order valence-electron chi connectivity index (χ2n) is 4.19. The van der Waals surface area contributed by atoms with Crippen molar-refractivity contribution in [3.05, 3.63) is 23.9 Å². The molecule has 1 heterocycles. The van der Waals surface area contributed by atoms with E-state index >= 15 is 0 Å². The zero-order chi connectivity index (χ0) is 12.0. The van der Waals surface area contributed by atoms with Crippen LogP contribution in [0.5, 0.6) is 5.88 Å². The monoisotopic (exact) mass is 225 g/mol. The Kier molecular flexibility index (Phi) is 4.71. The molecule has 1 N–H and O–H groups in total. The SMILES string of the molecule is COC(C)(C)CCOc1ncccc1CO. The molecule has 0 aromatic carbocycles. The average Bonchev–Trinajstić information content (AvgIpc) is 2.29. The minimum Gasteiger partial charge on any atom is -0.477 e. The Balaban J connectivity index is 2.49. The van der Waals surface area contributed by atoms with Crippen LogP contribution in [0.15, 0.2) is 18.3 Å². The molecule has 0 radical (unpaired) electrons. The third-order valence-electron chi connectivity index (χ3n) is 2.52. The van der Waals surface area contributed by atoms with Gasteiger partial charge in [-0.3, -0.25) is 0 Å². The van der Waals surface area contributed by atoms with Crippen molar-refractivity contribution in [1.82, 2.24) is 4.98 Å². The molecule has 0 saturated carbocycles. The van der Waals surface area contributed by atoms with Crippen LogP contribution in [0, 0.1) is 0 Å². The highest BCUT2D eigenvalue weighted by Crippen LogP contribution is 2.17. The van der Waals surface area contributed by atoms with Gasteiger partial charge < -0.3 is 14.6 Å². The second kappa shape index (κ2) is 5.82. The van der Waals surface area contributed by atoms with Crippen molar-refractivity contribution in [2.24, 2.45) is 0 Å². The fourth-order valence-corrected chi connectivity index (χ4v) is 1.17. The van der Waals surface area contributed by atoms with Crippen LogP contribution in [0.2, 0.25) is 0 Å². The molecule has 0 saturated heterocycles. The van der Waals surface area contributed by atoms with Gasteiger partial charge in [-0.2, -0.15) is 0 Å². The lowest BCUT2D eigenvalue weighted by Crippen LogP contribution is -2.25. The Morgan fingerprint density at radius 2 is 2.19 bits per heavy atom. The first-order valence-electron chi connectivity index (χ1n) is 5.32. The number of methoxy groups -OCH3 is 1. The molecular weight excluding hydrogens is 206 g/mol. The molecule has 1 aromatic rings. The van der Waals surface area contributed by atoms with Gasteiger partial charge in [0.2, 0.25) is 5.88 Å². The standard InChI is InChI=1S/C12H19NO3/c1-12(2,15-3)6-8-16-11-10(9-14)5-4-7-13-11/h4-5,7,14H,6,8-9H2,1-3H3. The quantitative estimate of drug-likeness (QED) is 0.801. The van der Waals surface area contributed by atoms with Gasteiger partial charge in [0.05, 0.1) is 18.8 Å². The van der Waals surface area contributed by atoms with Crippen molar-refractivity contribution >= 4 is 0 Å². The number of aromatic nitrogens is 1. The summed E-state index contributed by atoms with van der Waals surface area (Å²) < 4.78 is 10.8. The summed E-state index contributed by atoms with van der Waals surface area (Å²) in [5.41, 5.74) is 0.506. The summed E-state index contributed by atoms with van der Waals surface area (Å²) in [4.78, 5) is 4.07. The largest absolute Gasteiger partial charge is 0.477 e. The molecule has 0 aliphatic rings. The predicted octanol–water partition coefficient (Wildman–Crippen LogP) is 1.77. The maximum atomic E-state index is 9.08. The first kappa shape index (κ1) is 12.9. The van der Waals surface area contributed by atoms with E-state index in [0.717, 1.165) is 6.42 Å². The van der Waals surface area contributed by atoms with Crippen LogP contribution in [0.1, 0.15) is 25.8 Å². The maximum Gasteiger partial charge on any atom is 0.218 e. The van der Waals surface area contributed by atoms with Gasteiger partial charge in [0.15, 0.2) is 0 Å². The fourth-order valence-electron chi connectivity index (χ4n) is 1.17. The molecule has 0 amide bonds. The summed E-state index contributed by atoms with van der Waals surface area (Å²) in [6, 6.07) is 3.57. The van der Waals surface area contributed by atoms with Crippen LogP contribution in [0.25, 0.3) is 0 Å².